The SMILES string of the molecule is Cc1cc(-c2cc(Cl)cc(Cl)c2/C=C/[C@@H]2C[C@@H](O)CC(=O)O2)ccc1F. The summed E-state index contributed by atoms with van der Waals surface area (Å²) in [6, 6.07) is 8.14. The molecule has 3 nitrogen and oxygen atoms in total. The van der Waals surface area contributed by atoms with Crippen LogP contribution in [0.15, 0.2) is 36.4 Å². The zero-order chi connectivity index (χ0) is 18.8. The second-order valence-corrected chi connectivity index (χ2v) is 7.14. The highest BCUT2D eigenvalue weighted by atomic mass is 35.5. The number of aliphatic hydroxyl groups excluding tert-OH is 1. The van der Waals surface area contributed by atoms with E-state index < -0.39 is 18.2 Å². The van der Waals surface area contributed by atoms with Crippen LogP contribution in [0.4, 0.5) is 4.39 Å². The van der Waals surface area contributed by atoms with Crippen molar-refractivity contribution in [3.05, 3.63) is 63.4 Å². The number of ether oxygens (including phenoxy) is 1. The van der Waals surface area contributed by atoms with E-state index in [-0.39, 0.29) is 12.2 Å². The summed E-state index contributed by atoms with van der Waals surface area (Å²) in [4.78, 5) is 11.5. The third kappa shape index (κ3) is 4.26. The average molecular weight is 395 g/mol. The Hall–Kier alpha value is -1.88. The fraction of sp³-hybridized carbons (Fsp3) is 0.250. The van der Waals surface area contributed by atoms with Crippen molar-refractivity contribution in [1.82, 2.24) is 0 Å². The summed E-state index contributed by atoms with van der Waals surface area (Å²) in [5.74, 6) is -0.725. The number of hydrogen-bond acceptors (Lipinski definition) is 3. The normalized spacial score (nSPS) is 20.4. The van der Waals surface area contributed by atoms with Crippen molar-refractivity contribution in [2.24, 2.45) is 0 Å². The molecule has 136 valence electrons. The molecule has 2 aromatic carbocycles. The molecule has 2 atom stereocenters. The Morgan fingerprint density at radius 1 is 1.27 bits per heavy atom. The molecule has 0 aliphatic carbocycles. The Labute approximate surface area is 161 Å². The molecule has 0 saturated carbocycles. The molecule has 0 amide bonds. The number of esters is 1. The fourth-order valence-corrected chi connectivity index (χ4v) is 3.49. The third-order valence-electron chi connectivity index (χ3n) is 4.23. The van der Waals surface area contributed by atoms with Gasteiger partial charge in [-0.25, -0.2) is 4.39 Å². The van der Waals surface area contributed by atoms with E-state index in [1.165, 1.54) is 6.07 Å². The van der Waals surface area contributed by atoms with Crippen molar-refractivity contribution in [1.29, 1.82) is 0 Å². The van der Waals surface area contributed by atoms with Gasteiger partial charge in [-0.15, -0.1) is 0 Å². The number of rotatable bonds is 3. The second-order valence-electron chi connectivity index (χ2n) is 6.29. The first-order chi connectivity index (χ1) is 12.3. The van der Waals surface area contributed by atoms with Gasteiger partial charge in [0, 0.05) is 22.0 Å². The van der Waals surface area contributed by atoms with E-state index in [1.54, 1.807) is 43.3 Å². The molecule has 0 spiro atoms. The maximum absolute atomic E-state index is 13.6. The molecule has 1 aliphatic heterocycles. The van der Waals surface area contributed by atoms with Crippen LogP contribution < -0.4 is 0 Å². The molecule has 1 fully saturated rings. The molecule has 1 aliphatic rings. The van der Waals surface area contributed by atoms with E-state index >= 15 is 0 Å². The van der Waals surface area contributed by atoms with Crippen LogP contribution >= 0.6 is 23.2 Å². The maximum Gasteiger partial charge on any atom is 0.309 e. The predicted molar refractivity (Wildman–Crippen MR) is 101 cm³/mol. The smallest absolute Gasteiger partial charge is 0.309 e. The Balaban J connectivity index is 1.99. The molecule has 2 aromatic rings. The van der Waals surface area contributed by atoms with Crippen LogP contribution in [0.3, 0.4) is 0 Å². The van der Waals surface area contributed by atoms with Gasteiger partial charge in [0.25, 0.3) is 0 Å². The molecular formula is C20H17Cl2FO3. The number of hydrogen-bond donors (Lipinski definition) is 1. The minimum atomic E-state index is -0.717. The molecule has 3 rings (SSSR count). The Morgan fingerprint density at radius 3 is 2.73 bits per heavy atom. The highest BCUT2D eigenvalue weighted by Crippen LogP contribution is 2.35. The molecule has 1 saturated heterocycles. The topological polar surface area (TPSA) is 46.5 Å². The summed E-state index contributed by atoms with van der Waals surface area (Å²) in [6.07, 6.45) is 2.52. The van der Waals surface area contributed by atoms with Crippen LogP contribution in [0, 0.1) is 12.7 Å². The van der Waals surface area contributed by atoms with Gasteiger partial charge in [-0.1, -0.05) is 35.3 Å². The number of aliphatic hydroxyl groups is 1. The van der Waals surface area contributed by atoms with Gasteiger partial charge in [0.05, 0.1) is 12.5 Å². The summed E-state index contributed by atoms with van der Waals surface area (Å²) in [6.45, 7) is 1.68. The van der Waals surface area contributed by atoms with Crippen molar-refractivity contribution in [2.75, 3.05) is 0 Å². The van der Waals surface area contributed by atoms with E-state index in [0.717, 1.165) is 11.1 Å². The van der Waals surface area contributed by atoms with E-state index in [0.29, 0.717) is 27.6 Å². The first kappa shape index (κ1) is 18.9. The predicted octanol–water partition coefficient (Wildman–Crippen LogP) is 5.19. The standard InChI is InChI=1S/C20H17Cl2FO3/c1-11-6-12(2-5-19(11)23)17-7-13(21)8-18(22)16(17)4-3-15-9-14(24)10-20(25)26-15/h2-8,14-15,24H,9-10H2,1H3/b4-3+/t14-,15-/m1/s1. The summed E-state index contributed by atoms with van der Waals surface area (Å²) in [7, 11) is 0. The van der Waals surface area contributed by atoms with Crippen molar-refractivity contribution < 1.29 is 19.0 Å². The van der Waals surface area contributed by atoms with Gasteiger partial charge in [-0.3, -0.25) is 4.79 Å². The number of cyclic esters (lactones) is 1. The van der Waals surface area contributed by atoms with E-state index in [2.05, 4.69) is 0 Å². The molecular weight excluding hydrogens is 378 g/mol. The van der Waals surface area contributed by atoms with Gasteiger partial charge in [-0.2, -0.15) is 0 Å². The van der Waals surface area contributed by atoms with Crippen LogP contribution in [-0.4, -0.2) is 23.3 Å². The number of carbonyl (C=O) groups excluding carboxylic acids is 1. The summed E-state index contributed by atoms with van der Waals surface area (Å²) < 4.78 is 18.8. The summed E-state index contributed by atoms with van der Waals surface area (Å²) in [5, 5.41) is 10.6. The van der Waals surface area contributed by atoms with Crippen molar-refractivity contribution in [3.8, 4) is 11.1 Å². The lowest BCUT2D eigenvalue weighted by molar-refractivity contribution is -0.156. The van der Waals surface area contributed by atoms with Gasteiger partial charge < -0.3 is 9.84 Å². The van der Waals surface area contributed by atoms with Crippen LogP contribution in [0.5, 0.6) is 0 Å². The van der Waals surface area contributed by atoms with Crippen molar-refractivity contribution >= 4 is 35.2 Å². The van der Waals surface area contributed by atoms with Crippen LogP contribution in [0.2, 0.25) is 10.0 Å². The maximum atomic E-state index is 13.6. The van der Waals surface area contributed by atoms with Crippen LogP contribution in [0.25, 0.3) is 17.2 Å². The first-order valence-electron chi connectivity index (χ1n) is 8.15. The van der Waals surface area contributed by atoms with Crippen molar-refractivity contribution in [3.63, 3.8) is 0 Å². The van der Waals surface area contributed by atoms with E-state index in [4.69, 9.17) is 27.9 Å². The molecule has 0 bridgehead atoms. The first-order valence-corrected chi connectivity index (χ1v) is 8.90. The van der Waals surface area contributed by atoms with Gasteiger partial charge >= 0.3 is 5.97 Å². The number of halogens is 3. The highest BCUT2D eigenvalue weighted by molar-refractivity contribution is 6.36. The Morgan fingerprint density at radius 2 is 2.04 bits per heavy atom. The lowest BCUT2D eigenvalue weighted by atomic mass is 9.96. The molecule has 1 N–H and O–H groups in total. The zero-order valence-electron chi connectivity index (χ0n) is 14.0. The Kier molecular flexibility index (Phi) is 5.66. The minimum Gasteiger partial charge on any atom is -0.458 e. The molecule has 0 aromatic heterocycles. The number of aryl methyl sites for hydroxylation is 1. The molecule has 0 unspecified atom stereocenters. The third-order valence-corrected chi connectivity index (χ3v) is 4.76. The Bertz CT molecular complexity index is 880. The monoisotopic (exact) mass is 394 g/mol. The molecule has 0 radical (unpaired) electrons. The number of benzene rings is 2. The van der Waals surface area contributed by atoms with Crippen molar-refractivity contribution in [2.45, 2.75) is 32.0 Å². The number of carbonyl (C=O) groups is 1. The van der Waals surface area contributed by atoms with Gasteiger partial charge in [0.15, 0.2) is 0 Å². The van der Waals surface area contributed by atoms with Crippen LogP contribution in [0.1, 0.15) is 24.0 Å². The lowest BCUT2D eigenvalue weighted by Crippen LogP contribution is -2.31. The van der Waals surface area contributed by atoms with E-state index in [1.807, 2.05) is 0 Å². The quantitative estimate of drug-likeness (QED) is 0.728. The lowest BCUT2D eigenvalue weighted by Gasteiger charge is -2.23. The second kappa shape index (κ2) is 7.78. The molecule has 26 heavy (non-hydrogen) atoms. The fourth-order valence-electron chi connectivity index (χ4n) is 2.94. The largest absolute Gasteiger partial charge is 0.458 e. The van der Waals surface area contributed by atoms with Gasteiger partial charge in [-0.05, 0) is 54.0 Å². The van der Waals surface area contributed by atoms with Gasteiger partial charge in [0.1, 0.15) is 11.9 Å². The summed E-state index contributed by atoms with van der Waals surface area (Å²) in [5.41, 5.74) is 2.70. The molecule has 6 heteroatoms. The van der Waals surface area contributed by atoms with Gasteiger partial charge in [0.2, 0.25) is 0 Å². The molecule has 1 heterocycles. The zero-order valence-corrected chi connectivity index (χ0v) is 15.5. The minimum absolute atomic E-state index is 0.00610. The summed E-state index contributed by atoms with van der Waals surface area (Å²) >= 11 is 12.5. The highest BCUT2D eigenvalue weighted by Gasteiger charge is 2.25. The van der Waals surface area contributed by atoms with Crippen LogP contribution in [-0.2, 0) is 9.53 Å². The average Bonchev–Trinajstić information content (AvgIpc) is 2.55. The van der Waals surface area contributed by atoms with E-state index in [9.17, 15) is 14.3 Å².